The molecule has 1 aliphatic heterocycles. The Morgan fingerprint density at radius 1 is 1.55 bits per heavy atom. The number of aliphatic hydroxyl groups excluding tert-OH is 1. The minimum absolute atomic E-state index is 0.209. The maximum atomic E-state index is 10.2. The SMILES string of the molecule is Cc1cc(C2CCCN2CC(O)COCc2ccco2)on1. The van der Waals surface area contributed by atoms with E-state index in [1.807, 2.05) is 25.1 Å². The van der Waals surface area contributed by atoms with Crippen molar-refractivity contribution in [2.75, 3.05) is 19.7 Å². The smallest absolute Gasteiger partial charge is 0.154 e. The molecule has 1 fully saturated rings. The van der Waals surface area contributed by atoms with Gasteiger partial charge in [0.25, 0.3) is 0 Å². The number of hydrogen-bond donors (Lipinski definition) is 1. The number of aryl methyl sites for hydroxylation is 1. The van der Waals surface area contributed by atoms with Crippen LogP contribution in [0.4, 0.5) is 0 Å². The number of likely N-dealkylation sites (tertiary alicyclic amines) is 1. The standard InChI is InChI=1S/C16H22N2O4/c1-12-8-16(22-17-12)15-5-2-6-18(15)9-13(19)10-20-11-14-4-3-7-21-14/h3-4,7-8,13,15,19H,2,5-6,9-11H2,1H3. The minimum Gasteiger partial charge on any atom is -0.467 e. The normalized spacial score (nSPS) is 20.5. The molecule has 0 amide bonds. The lowest BCUT2D eigenvalue weighted by atomic mass is 10.1. The molecule has 0 spiro atoms. The predicted molar refractivity (Wildman–Crippen MR) is 79.2 cm³/mol. The molecule has 0 aromatic carbocycles. The van der Waals surface area contributed by atoms with E-state index < -0.39 is 6.10 Å². The highest BCUT2D eigenvalue weighted by Crippen LogP contribution is 2.32. The van der Waals surface area contributed by atoms with Gasteiger partial charge in [0.1, 0.15) is 12.4 Å². The second-order valence-corrected chi connectivity index (χ2v) is 5.77. The number of rotatable bonds is 7. The monoisotopic (exact) mass is 306 g/mol. The number of nitrogens with zero attached hydrogens (tertiary/aromatic N) is 2. The molecule has 0 saturated carbocycles. The van der Waals surface area contributed by atoms with E-state index in [4.69, 9.17) is 13.7 Å². The number of ether oxygens (including phenoxy) is 1. The van der Waals surface area contributed by atoms with Crippen molar-refractivity contribution in [1.29, 1.82) is 0 Å². The minimum atomic E-state index is -0.528. The Hall–Kier alpha value is -1.63. The van der Waals surface area contributed by atoms with E-state index in [0.29, 0.717) is 19.8 Å². The Kier molecular flexibility index (Phi) is 4.92. The van der Waals surface area contributed by atoms with E-state index in [-0.39, 0.29) is 6.04 Å². The molecule has 120 valence electrons. The van der Waals surface area contributed by atoms with Gasteiger partial charge in [0, 0.05) is 12.6 Å². The van der Waals surface area contributed by atoms with Crippen LogP contribution in [0, 0.1) is 6.92 Å². The maximum Gasteiger partial charge on any atom is 0.154 e. The van der Waals surface area contributed by atoms with Gasteiger partial charge in [-0.05, 0) is 38.4 Å². The van der Waals surface area contributed by atoms with Crippen LogP contribution in [-0.2, 0) is 11.3 Å². The molecular formula is C16H22N2O4. The Morgan fingerprint density at radius 3 is 3.18 bits per heavy atom. The van der Waals surface area contributed by atoms with Gasteiger partial charge in [0.05, 0.1) is 30.7 Å². The van der Waals surface area contributed by atoms with Gasteiger partial charge in [0.2, 0.25) is 0 Å². The fourth-order valence-electron chi connectivity index (χ4n) is 2.92. The van der Waals surface area contributed by atoms with Gasteiger partial charge in [0.15, 0.2) is 5.76 Å². The molecule has 6 heteroatoms. The number of hydrogen-bond acceptors (Lipinski definition) is 6. The van der Waals surface area contributed by atoms with E-state index in [0.717, 1.165) is 36.6 Å². The summed E-state index contributed by atoms with van der Waals surface area (Å²) < 4.78 is 16.1. The fourth-order valence-corrected chi connectivity index (χ4v) is 2.92. The summed E-state index contributed by atoms with van der Waals surface area (Å²) in [4.78, 5) is 2.24. The average molecular weight is 306 g/mol. The molecule has 2 aromatic heterocycles. The van der Waals surface area contributed by atoms with Gasteiger partial charge in [-0.15, -0.1) is 0 Å². The largest absolute Gasteiger partial charge is 0.467 e. The molecule has 0 aliphatic carbocycles. The third-order valence-corrected chi connectivity index (χ3v) is 3.92. The van der Waals surface area contributed by atoms with Crippen molar-refractivity contribution in [2.24, 2.45) is 0 Å². The van der Waals surface area contributed by atoms with Crippen LogP contribution in [-0.4, -0.2) is 41.0 Å². The lowest BCUT2D eigenvalue weighted by Crippen LogP contribution is -2.34. The Labute approximate surface area is 129 Å². The molecule has 3 heterocycles. The summed E-state index contributed by atoms with van der Waals surface area (Å²) in [5.41, 5.74) is 0.893. The fraction of sp³-hybridized carbons (Fsp3) is 0.562. The molecule has 22 heavy (non-hydrogen) atoms. The van der Waals surface area contributed by atoms with E-state index >= 15 is 0 Å². The van der Waals surface area contributed by atoms with Crippen molar-refractivity contribution in [3.8, 4) is 0 Å². The molecule has 1 saturated heterocycles. The van der Waals surface area contributed by atoms with Crippen molar-refractivity contribution in [1.82, 2.24) is 10.1 Å². The maximum absolute atomic E-state index is 10.2. The second-order valence-electron chi connectivity index (χ2n) is 5.77. The van der Waals surface area contributed by atoms with Crippen molar-refractivity contribution in [3.63, 3.8) is 0 Å². The summed E-state index contributed by atoms with van der Waals surface area (Å²) in [7, 11) is 0. The zero-order valence-corrected chi connectivity index (χ0v) is 12.8. The first-order valence-electron chi connectivity index (χ1n) is 7.68. The molecule has 2 aromatic rings. The van der Waals surface area contributed by atoms with Gasteiger partial charge >= 0.3 is 0 Å². The first-order valence-corrected chi connectivity index (χ1v) is 7.68. The van der Waals surface area contributed by atoms with Gasteiger partial charge in [-0.1, -0.05) is 5.16 Å². The zero-order chi connectivity index (χ0) is 15.4. The van der Waals surface area contributed by atoms with Crippen LogP contribution in [0.25, 0.3) is 0 Å². The summed E-state index contributed by atoms with van der Waals surface area (Å²) >= 11 is 0. The first kappa shape index (κ1) is 15.3. The highest BCUT2D eigenvalue weighted by Gasteiger charge is 2.30. The van der Waals surface area contributed by atoms with E-state index in [1.54, 1.807) is 6.26 Å². The first-order chi connectivity index (χ1) is 10.7. The molecule has 2 atom stereocenters. The van der Waals surface area contributed by atoms with Crippen LogP contribution in [0.5, 0.6) is 0 Å². The summed E-state index contributed by atoms with van der Waals surface area (Å²) in [6.07, 6.45) is 3.22. The van der Waals surface area contributed by atoms with Crippen molar-refractivity contribution >= 4 is 0 Å². The molecule has 3 rings (SSSR count). The van der Waals surface area contributed by atoms with Crippen LogP contribution < -0.4 is 0 Å². The lowest BCUT2D eigenvalue weighted by molar-refractivity contribution is 0.00164. The third kappa shape index (κ3) is 3.76. The summed E-state index contributed by atoms with van der Waals surface area (Å²) in [5.74, 6) is 1.65. The zero-order valence-electron chi connectivity index (χ0n) is 12.8. The summed E-state index contributed by atoms with van der Waals surface area (Å²) in [5, 5.41) is 14.1. The summed E-state index contributed by atoms with van der Waals surface area (Å²) in [6, 6.07) is 5.86. The van der Waals surface area contributed by atoms with Gasteiger partial charge in [-0.3, -0.25) is 4.90 Å². The summed E-state index contributed by atoms with van der Waals surface area (Å²) in [6.45, 7) is 4.12. The number of aliphatic hydroxyl groups is 1. The Morgan fingerprint density at radius 2 is 2.45 bits per heavy atom. The van der Waals surface area contributed by atoms with E-state index in [1.165, 1.54) is 0 Å². The number of furan rings is 1. The lowest BCUT2D eigenvalue weighted by Gasteiger charge is -2.24. The van der Waals surface area contributed by atoms with Gasteiger partial charge in [-0.2, -0.15) is 0 Å². The van der Waals surface area contributed by atoms with Crippen molar-refractivity contribution in [3.05, 3.63) is 41.7 Å². The van der Waals surface area contributed by atoms with Gasteiger partial charge < -0.3 is 18.8 Å². The molecule has 0 radical (unpaired) electrons. The molecule has 0 bridgehead atoms. The Bertz CT molecular complexity index is 566. The Balaban J connectivity index is 1.46. The van der Waals surface area contributed by atoms with Crippen LogP contribution in [0.2, 0.25) is 0 Å². The highest BCUT2D eigenvalue weighted by molar-refractivity contribution is 5.09. The topological polar surface area (TPSA) is 71.9 Å². The van der Waals surface area contributed by atoms with Crippen molar-refractivity contribution < 1.29 is 18.8 Å². The molecule has 1 aliphatic rings. The van der Waals surface area contributed by atoms with E-state index in [2.05, 4.69) is 10.1 Å². The third-order valence-electron chi connectivity index (χ3n) is 3.92. The predicted octanol–water partition coefficient (Wildman–Crippen LogP) is 2.29. The number of aromatic nitrogens is 1. The van der Waals surface area contributed by atoms with Crippen LogP contribution in [0.3, 0.4) is 0 Å². The average Bonchev–Trinajstić information content (AvgIpc) is 3.20. The van der Waals surface area contributed by atoms with Crippen LogP contribution in [0.1, 0.15) is 36.1 Å². The van der Waals surface area contributed by atoms with Crippen molar-refractivity contribution in [2.45, 2.75) is 38.5 Å². The van der Waals surface area contributed by atoms with Crippen LogP contribution >= 0.6 is 0 Å². The quantitative estimate of drug-likeness (QED) is 0.846. The molecular weight excluding hydrogens is 284 g/mol. The van der Waals surface area contributed by atoms with E-state index in [9.17, 15) is 5.11 Å². The molecule has 2 unspecified atom stereocenters. The highest BCUT2D eigenvalue weighted by atomic mass is 16.5. The van der Waals surface area contributed by atoms with Crippen LogP contribution in [0.15, 0.2) is 33.4 Å². The van der Waals surface area contributed by atoms with Gasteiger partial charge in [-0.25, -0.2) is 0 Å². The number of β-amino-alcohol motifs (C(OH)–C–C–N with tert-alkyl or cyclic N) is 1. The second kappa shape index (κ2) is 7.09. The molecule has 1 N–H and O–H groups in total. The molecule has 6 nitrogen and oxygen atoms in total.